The molecule has 0 aromatic heterocycles. The summed E-state index contributed by atoms with van der Waals surface area (Å²) >= 11 is 0. The van der Waals surface area contributed by atoms with Gasteiger partial charge in [0.15, 0.2) is 0 Å². The van der Waals surface area contributed by atoms with Gasteiger partial charge in [0.05, 0.1) is 29.2 Å². The van der Waals surface area contributed by atoms with Crippen molar-refractivity contribution in [3.63, 3.8) is 0 Å². The summed E-state index contributed by atoms with van der Waals surface area (Å²) in [5.41, 5.74) is -3.53. The predicted octanol–water partition coefficient (Wildman–Crippen LogP) is 6.93. The largest absolute Gasteiger partial charge is 0.416 e. The van der Waals surface area contributed by atoms with Crippen molar-refractivity contribution >= 4 is 11.7 Å². The summed E-state index contributed by atoms with van der Waals surface area (Å²) in [5.74, 6) is -2.85. The summed E-state index contributed by atoms with van der Waals surface area (Å²) in [4.78, 5) is 15.1. The molecule has 1 saturated carbocycles. The molecule has 0 radical (unpaired) electrons. The minimum atomic E-state index is -5.06. The molecule has 46 heavy (non-hydrogen) atoms. The molecular formula is C33H34F7N3O3. The van der Waals surface area contributed by atoms with E-state index in [1.54, 1.807) is 35.2 Å². The lowest BCUT2D eigenvalue weighted by Gasteiger charge is -2.45. The van der Waals surface area contributed by atoms with Crippen molar-refractivity contribution in [2.45, 2.75) is 68.6 Å². The van der Waals surface area contributed by atoms with Gasteiger partial charge in [0.1, 0.15) is 17.8 Å². The van der Waals surface area contributed by atoms with E-state index in [-0.39, 0.29) is 49.5 Å². The Balaban J connectivity index is 1.59. The van der Waals surface area contributed by atoms with Crippen LogP contribution < -0.4 is 5.32 Å². The van der Waals surface area contributed by atoms with Crippen LogP contribution in [0.15, 0.2) is 72.8 Å². The molecule has 0 spiro atoms. The fraction of sp³-hybridized carbons (Fsp3) is 0.394. The number of carbonyl (C=O) groups excluding carboxylic acids is 1. The van der Waals surface area contributed by atoms with Gasteiger partial charge in [-0.25, -0.2) is 4.39 Å². The minimum absolute atomic E-state index is 0.0145. The summed E-state index contributed by atoms with van der Waals surface area (Å²) in [6.45, 7) is 0.932. The molecule has 4 rings (SSSR count). The summed E-state index contributed by atoms with van der Waals surface area (Å²) < 4.78 is 94.4. The van der Waals surface area contributed by atoms with Crippen LogP contribution in [0.25, 0.3) is 0 Å². The summed E-state index contributed by atoms with van der Waals surface area (Å²) in [5, 5.41) is 32.2. The van der Waals surface area contributed by atoms with Crippen LogP contribution in [0.2, 0.25) is 0 Å². The average Bonchev–Trinajstić information content (AvgIpc) is 3.02. The Bertz CT molecular complexity index is 1470. The molecule has 13 heteroatoms. The van der Waals surface area contributed by atoms with Gasteiger partial charge in [-0.3, -0.25) is 10.2 Å². The van der Waals surface area contributed by atoms with Crippen molar-refractivity contribution in [2.24, 2.45) is 0 Å². The zero-order valence-corrected chi connectivity index (χ0v) is 24.8. The molecule has 2 atom stereocenters. The molecule has 1 aliphatic rings. The van der Waals surface area contributed by atoms with E-state index in [0.717, 1.165) is 12.1 Å². The molecule has 2 unspecified atom stereocenters. The molecule has 6 nitrogen and oxygen atoms in total. The van der Waals surface area contributed by atoms with Crippen LogP contribution in [0.1, 0.15) is 72.4 Å². The standard InChI is InChI=1S/C33H34F7N3O3/c1-20(22-17-24(32(35,36)37)19-25(18-22)33(38,39)40)30(46)42-31(23-5-3-2-4-6-23)13-11-27(12-14-31)43(15-16-44)29(41)28(45)21-7-9-26(34)10-8-21/h2-10,17-20,27-28,41,44-45H,11-16H2,1H3,(H,42,46). The first-order chi connectivity index (χ1) is 21.6. The number of hydrogen-bond acceptors (Lipinski definition) is 4. The molecule has 248 valence electrons. The molecular weight excluding hydrogens is 619 g/mol. The molecule has 0 heterocycles. The maximum atomic E-state index is 13.6. The van der Waals surface area contributed by atoms with Gasteiger partial charge in [-0.1, -0.05) is 42.5 Å². The van der Waals surface area contributed by atoms with E-state index < -0.39 is 58.3 Å². The number of alkyl halides is 6. The molecule has 3 aromatic rings. The number of amidine groups is 1. The molecule has 1 aliphatic carbocycles. The highest BCUT2D eigenvalue weighted by molar-refractivity contribution is 5.85. The summed E-state index contributed by atoms with van der Waals surface area (Å²) in [7, 11) is 0. The first-order valence-electron chi connectivity index (χ1n) is 14.6. The van der Waals surface area contributed by atoms with Crippen LogP contribution in [-0.2, 0) is 22.7 Å². The number of halogens is 7. The average molecular weight is 654 g/mol. The lowest BCUT2D eigenvalue weighted by Crippen LogP contribution is -2.53. The fourth-order valence-electron chi connectivity index (χ4n) is 5.94. The van der Waals surface area contributed by atoms with Crippen molar-refractivity contribution in [1.82, 2.24) is 10.2 Å². The van der Waals surface area contributed by atoms with Gasteiger partial charge in [0.25, 0.3) is 0 Å². The van der Waals surface area contributed by atoms with Gasteiger partial charge in [-0.2, -0.15) is 26.3 Å². The van der Waals surface area contributed by atoms with E-state index in [9.17, 15) is 45.7 Å². The van der Waals surface area contributed by atoms with E-state index >= 15 is 0 Å². The van der Waals surface area contributed by atoms with Crippen LogP contribution in [0.3, 0.4) is 0 Å². The van der Waals surface area contributed by atoms with Crippen LogP contribution in [0.5, 0.6) is 0 Å². The van der Waals surface area contributed by atoms with Crippen LogP contribution in [0, 0.1) is 11.2 Å². The van der Waals surface area contributed by atoms with Gasteiger partial charge in [-0.05, 0) is 79.6 Å². The Morgan fingerprint density at radius 3 is 1.98 bits per heavy atom. The van der Waals surface area contributed by atoms with E-state index in [1.807, 2.05) is 0 Å². The highest BCUT2D eigenvalue weighted by Gasteiger charge is 2.42. The Hall–Kier alpha value is -3.97. The molecule has 0 bridgehead atoms. The lowest BCUT2D eigenvalue weighted by atomic mass is 9.74. The van der Waals surface area contributed by atoms with E-state index in [0.29, 0.717) is 30.5 Å². The SMILES string of the molecule is CC(C(=O)NC1(c2ccccc2)CCC(N(CCO)C(=N)C(O)c2ccc(F)cc2)CC1)c1cc(C(F)(F)F)cc(C(F)(F)F)c1. The minimum Gasteiger partial charge on any atom is -0.395 e. The quantitative estimate of drug-likeness (QED) is 0.115. The Kier molecular flexibility index (Phi) is 10.5. The van der Waals surface area contributed by atoms with Gasteiger partial charge < -0.3 is 20.4 Å². The highest BCUT2D eigenvalue weighted by atomic mass is 19.4. The van der Waals surface area contributed by atoms with E-state index in [1.165, 1.54) is 19.1 Å². The van der Waals surface area contributed by atoms with Crippen molar-refractivity contribution in [3.05, 3.63) is 106 Å². The molecule has 0 saturated heterocycles. The number of carbonyl (C=O) groups is 1. The molecule has 0 aliphatic heterocycles. The maximum Gasteiger partial charge on any atom is 0.416 e. The Labute approximate surface area is 261 Å². The Morgan fingerprint density at radius 1 is 0.935 bits per heavy atom. The fourth-order valence-corrected chi connectivity index (χ4v) is 5.94. The molecule has 1 fully saturated rings. The first-order valence-corrected chi connectivity index (χ1v) is 14.6. The predicted molar refractivity (Wildman–Crippen MR) is 156 cm³/mol. The number of aliphatic hydroxyl groups excluding tert-OH is 2. The normalized spacial score (nSPS) is 20.1. The third kappa shape index (κ3) is 7.87. The lowest BCUT2D eigenvalue weighted by molar-refractivity contribution is -0.143. The highest BCUT2D eigenvalue weighted by Crippen LogP contribution is 2.41. The van der Waals surface area contributed by atoms with Crippen molar-refractivity contribution in [1.29, 1.82) is 5.41 Å². The number of amides is 1. The second-order valence-corrected chi connectivity index (χ2v) is 11.5. The number of nitrogens with zero attached hydrogens (tertiary/aromatic N) is 1. The molecule has 4 N–H and O–H groups in total. The number of hydrogen-bond donors (Lipinski definition) is 4. The van der Waals surface area contributed by atoms with Crippen LogP contribution >= 0.6 is 0 Å². The molecule has 1 amide bonds. The zero-order valence-electron chi connectivity index (χ0n) is 24.8. The molecule has 3 aromatic carbocycles. The number of benzene rings is 3. The monoisotopic (exact) mass is 653 g/mol. The van der Waals surface area contributed by atoms with E-state index in [4.69, 9.17) is 5.41 Å². The van der Waals surface area contributed by atoms with Crippen LogP contribution in [0.4, 0.5) is 30.7 Å². The van der Waals surface area contributed by atoms with E-state index in [2.05, 4.69) is 5.32 Å². The van der Waals surface area contributed by atoms with Gasteiger partial charge in [-0.15, -0.1) is 0 Å². The van der Waals surface area contributed by atoms with Crippen molar-refractivity contribution in [2.75, 3.05) is 13.2 Å². The summed E-state index contributed by atoms with van der Waals surface area (Å²) in [6.07, 6.45) is -10.3. The maximum absolute atomic E-state index is 13.6. The third-order valence-corrected chi connectivity index (χ3v) is 8.54. The van der Waals surface area contributed by atoms with Crippen LogP contribution in [-0.4, -0.2) is 46.0 Å². The number of nitrogens with one attached hydrogen (secondary N) is 2. The second-order valence-electron chi connectivity index (χ2n) is 11.5. The first kappa shape index (κ1) is 34.9. The third-order valence-electron chi connectivity index (χ3n) is 8.54. The van der Waals surface area contributed by atoms with Crippen molar-refractivity contribution < 1.29 is 45.7 Å². The van der Waals surface area contributed by atoms with Gasteiger partial charge in [0, 0.05) is 12.6 Å². The Morgan fingerprint density at radius 2 is 1.48 bits per heavy atom. The summed E-state index contributed by atoms with van der Waals surface area (Å²) in [6, 6.07) is 14.6. The second kappa shape index (κ2) is 13.8. The van der Waals surface area contributed by atoms with Gasteiger partial charge in [0.2, 0.25) is 5.91 Å². The number of rotatable bonds is 9. The number of aliphatic hydroxyl groups is 2. The van der Waals surface area contributed by atoms with Gasteiger partial charge >= 0.3 is 12.4 Å². The topological polar surface area (TPSA) is 96.7 Å². The smallest absolute Gasteiger partial charge is 0.395 e. The van der Waals surface area contributed by atoms with Crippen molar-refractivity contribution in [3.8, 4) is 0 Å². The zero-order chi connectivity index (χ0) is 33.9.